The fraction of sp³-hybridized carbons (Fsp3) is 0.455. The molecule has 0 saturated heterocycles. The summed E-state index contributed by atoms with van der Waals surface area (Å²) < 4.78 is 0. The molecule has 1 aromatic carbocycles. The van der Waals surface area contributed by atoms with Crippen molar-refractivity contribution in [2.75, 3.05) is 23.9 Å². The van der Waals surface area contributed by atoms with Crippen molar-refractivity contribution in [3.63, 3.8) is 0 Å². The third-order valence-electron chi connectivity index (χ3n) is 2.52. The summed E-state index contributed by atoms with van der Waals surface area (Å²) in [6.45, 7) is 2.83. The second-order valence-electron chi connectivity index (χ2n) is 3.76. The van der Waals surface area contributed by atoms with Gasteiger partial charge in [0, 0.05) is 11.8 Å². The lowest BCUT2D eigenvalue weighted by molar-refractivity contribution is -0.383. The Balaban J connectivity index is 2.71. The third-order valence-corrected chi connectivity index (χ3v) is 3.56. The van der Waals surface area contributed by atoms with Gasteiger partial charge in [-0.05, 0) is 24.8 Å². The molecule has 6 heteroatoms. The highest BCUT2D eigenvalue weighted by atomic mass is 32.2. The van der Waals surface area contributed by atoms with E-state index in [1.165, 1.54) is 6.07 Å². The molecule has 0 saturated carbocycles. The molecule has 1 atom stereocenters. The van der Waals surface area contributed by atoms with E-state index >= 15 is 0 Å². The monoisotopic (exact) mass is 255 g/mol. The quantitative estimate of drug-likeness (QED) is 0.464. The molecular weight excluding hydrogens is 238 g/mol. The zero-order valence-corrected chi connectivity index (χ0v) is 10.8. The molecule has 0 spiro atoms. The van der Waals surface area contributed by atoms with Crippen LogP contribution in [0.5, 0.6) is 0 Å². The molecule has 0 amide bonds. The molecule has 17 heavy (non-hydrogen) atoms. The first-order valence-electron chi connectivity index (χ1n) is 5.35. The minimum atomic E-state index is -0.449. The van der Waals surface area contributed by atoms with Crippen molar-refractivity contribution in [3.05, 3.63) is 28.3 Å². The number of hydrogen-bond acceptors (Lipinski definition) is 5. The van der Waals surface area contributed by atoms with Gasteiger partial charge in [0.25, 0.3) is 0 Å². The van der Waals surface area contributed by atoms with Gasteiger partial charge in [-0.3, -0.25) is 10.1 Å². The molecule has 0 bridgehead atoms. The maximum absolute atomic E-state index is 10.9. The molecule has 94 valence electrons. The standard InChI is InChI=1S/C11H17N3O2S/c1-8(17-2)6-7-13-10-5-3-4-9(12)11(10)14(15)16/h3-5,8,13H,6-7,12H2,1-2H3. The Morgan fingerprint density at radius 3 is 2.88 bits per heavy atom. The SMILES string of the molecule is CSC(C)CCNc1cccc(N)c1[N+](=O)[O-]. The van der Waals surface area contributed by atoms with Crippen LogP contribution in [0.15, 0.2) is 18.2 Å². The molecule has 1 rings (SSSR count). The molecule has 0 aliphatic carbocycles. The summed E-state index contributed by atoms with van der Waals surface area (Å²) in [5.41, 5.74) is 6.24. The second kappa shape index (κ2) is 6.34. The van der Waals surface area contributed by atoms with E-state index in [4.69, 9.17) is 5.73 Å². The lowest BCUT2D eigenvalue weighted by atomic mass is 10.2. The van der Waals surface area contributed by atoms with E-state index in [1.54, 1.807) is 23.9 Å². The third kappa shape index (κ3) is 3.81. The average molecular weight is 255 g/mol. The van der Waals surface area contributed by atoms with E-state index < -0.39 is 4.92 Å². The number of nitrogens with zero attached hydrogens (tertiary/aromatic N) is 1. The zero-order valence-electron chi connectivity index (χ0n) is 9.97. The lowest BCUT2D eigenvalue weighted by Gasteiger charge is -2.11. The Morgan fingerprint density at radius 2 is 2.29 bits per heavy atom. The van der Waals surface area contributed by atoms with Gasteiger partial charge in [-0.1, -0.05) is 13.0 Å². The van der Waals surface area contributed by atoms with Crippen molar-refractivity contribution in [3.8, 4) is 0 Å². The number of rotatable bonds is 6. The largest absolute Gasteiger partial charge is 0.393 e. The summed E-state index contributed by atoms with van der Waals surface area (Å²) in [6.07, 6.45) is 3.00. The predicted molar refractivity (Wildman–Crippen MR) is 73.6 cm³/mol. The summed E-state index contributed by atoms with van der Waals surface area (Å²) in [7, 11) is 0. The molecule has 0 fully saturated rings. The van der Waals surface area contributed by atoms with Gasteiger partial charge in [0.2, 0.25) is 0 Å². The minimum absolute atomic E-state index is 0.0377. The molecule has 0 aliphatic rings. The summed E-state index contributed by atoms with van der Waals surface area (Å²) >= 11 is 1.77. The molecular formula is C11H17N3O2S. The number of nitro benzene ring substituents is 1. The number of nitrogens with one attached hydrogen (secondary N) is 1. The number of nitrogen functional groups attached to an aromatic ring is 1. The summed E-state index contributed by atoms with van der Waals surface area (Å²) in [5.74, 6) is 0. The van der Waals surface area contributed by atoms with Crippen LogP contribution in [0.1, 0.15) is 13.3 Å². The first-order chi connectivity index (χ1) is 8.06. The molecule has 0 heterocycles. The van der Waals surface area contributed by atoms with Gasteiger partial charge in [0.05, 0.1) is 4.92 Å². The smallest absolute Gasteiger partial charge is 0.314 e. The van der Waals surface area contributed by atoms with Crippen LogP contribution in [0.2, 0.25) is 0 Å². The molecule has 5 nitrogen and oxygen atoms in total. The van der Waals surface area contributed by atoms with E-state index in [1.807, 2.05) is 6.26 Å². The van der Waals surface area contributed by atoms with Crippen molar-refractivity contribution in [1.82, 2.24) is 0 Å². The van der Waals surface area contributed by atoms with Crippen molar-refractivity contribution in [2.45, 2.75) is 18.6 Å². The van der Waals surface area contributed by atoms with Gasteiger partial charge in [-0.15, -0.1) is 0 Å². The first kappa shape index (κ1) is 13.6. The maximum atomic E-state index is 10.9. The molecule has 0 aromatic heterocycles. The van der Waals surface area contributed by atoms with Crippen LogP contribution in [-0.2, 0) is 0 Å². The summed E-state index contributed by atoms with van der Waals surface area (Å²) in [6, 6.07) is 4.93. The number of nitro groups is 1. The van der Waals surface area contributed by atoms with Crippen LogP contribution in [0.3, 0.4) is 0 Å². The first-order valence-corrected chi connectivity index (χ1v) is 6.64. The predicted octanol–water partition coefficient (Wildman–Crippen LogP) is 2.73. The average Bonchev–Trinajstić information content (AvgIpc) is 2.28. The van der Waals surface area contributed by atoms with Crippen molar-refractivity contribution < 1.29 is 4.92 Å². The van der Waals surface area contributed by atoms with Crippen LogP contribution < -0.4 is 11.1 Å². The Hall–Kier alpha value is -1.43. The lowest BCUT2D eigenvalue weighted by Crippen LogP contribution is -2.09. The second-order valence-corrected chi connectivity index (χ2v) is 5.04. The van der Waals surface area contributed by atoms with Gasteiger partial charge >= 0.3 is 5.69 Å². The van der Waals surface area contributed by atoms with Crippen LogP contribution in [-0.4, -0.2) is 23.0 Å². The van der Waals surface area contributed by atoms with Crippen LogP contribution in [0.25, 0.3) is 0 Å². The highest BCUT2D eigenvalue weighted by Crippen LogP contribution is 2.30. The van der Waals surface area contributed by atoms with Crippen molar-refractivity contribution in [1.29, 1.82) is 0 Å². The molecule has 0 aliphatic heterocycles. The van der Waals surface area contributed by atoms with Gasteiger partial charge in [-0.25, -0.2) is 0 Å². The van der Waals surface area contributed by atoms with Gasteiger partial charge < -0.3 is 11.1 Å². The van der Waals surface area contributed by atoms with Crippen LogP contribution in [0.4, 0.5) is 17.1 Å². The number of benzene rings is 1. The van der Waals surface area contributed by atoms with E-state index in [0.717, 1.165) is 6.42 Å². The highest BCUT2D eigenvalue weighted by molar-refractivity contribution is 7.99. The normalized spacial score (nSPS) is 12.1. The Morgan fingerprint density at radius 1 is 1.59 bits per heavy atom. The molecule has 1 unspecified atom stereocenters. The van der Waals surface area contributed by atoms with E-state index in [2.05, 4.69) is 12.2 Å². The number of anilines is 2. The van der Waals surface area contributed by atoms with Crippen LogP contribution in [0, 0.1) is 10.1 Å². The summed E-state index contributed by atoms with van der Waals surface area (Å²) in [4.78, 5) is 10.4. The van der Waals surface area contributed by atoms with Gasteiger partial charge in [-0.2, -0.15) is 11.8 Å². The van der Waals surface area contributed by atoms with Gasteiger partial charge in [0.1, 0.15) is 11.4 Å². The molecule has 1 aromatic rings. The zero-order chi connectivity index (χ0) is 12.8. The number of nitrogens with two attached hydrogens (primary N) is 1. The van der Waals surface area contributed by atoms with Crippen molar-refractivity contribution >= 4 is 28.8 Å². The van der Waals surface area contributed by atoms with Crippen LogP contribution >= 0.6 is 11.8 Å². The fourth-order valence-corrected chi connectivity index (χ4v) is 1.79. The van der Waals surface area contributed by atoms with E-state index in [0.29, 0.717) is 17.5 Å². The molecule has 3 N–H and O–H groups in total. The highest BCUT2D eigenvalue weighted by Gasteiger charge is 2.17. The van der Waals surface area contributed by atoms with E-state index in [-0.39, 0.29) is 11.4 Å². The fourth-order valence-electron chi connectivity index (χ4n) is 1.44. The Kier molecular flexibility index (Phi) is 5.09. The Labute approximate surface area is 105 Å². The van der Waals surface area contributed by atoms with Gasteiger partial charge in [0.15, 0.2) is 0 Å². The minimum Gasteiger partial charge on any atom is -0.393 e. The van der Waals surface area contributed by atoms with Crippen molar-refractivity contribution in [2.24, 2.45) is 0 Å². The maximum Gasteiger partial charge on any atom is 0.314 e. The van der Waals surface area contributed by atoms with E-state index in [9.17, 15) is 10.1 Å². The Bertz CT molecular complexity index is 398. The number of hydrogen-bond donors (Lipinski definition) is 2. The number of para-hydroxylation sites is 1. The molecule has 0 radical (unpaired) electrons. The number of thioether (sulfide) groups is 1. The topological polar surface area (TPSA) is 81.2 Å². The summed E-state index contributed by atoms with van der Waals surface area (Å²) in [5, 5.41) is 14.5.